The Labute approximate surface area is 132 Å². The van der Waals surface area contributed by atoms with Gasteiger partial charge in [-0.3, -0.25) is 0 Å². The number of amides is 2. The molecular formula is C17H27N3O2. The molecule has 2 unspecified atom stereocenters. The van der Waals surface area contributed by atoms with Crippen LogP contribution in [0.5, 0.6) is 0 Å². The topological polar surface area (TPSA) is 55.8 Å². The third-order valence-electron chi connectivity index (χ3n) is 4.38. The van der Waals surface area contributed by atoms with E-state index >= 15 is 0 Å². The quantitative estimate of drug-likeness (QED) is 0.833. The number of likely N-dealkylation sites (tertiary alicyclic amines) is 1. The van der Waals surface area contributed by atoms with Gasteiger partial charge < -0.3 is 20.2 Å². The second-order valence-electron chi connectivity index (χ2n) is 6.17. The zero-order valence-electron chi connectivity index (χ0n) is 13.5. The Morgan fingerprint density at radius 1 is 1.41 bits per heavy atom. The van der Waals surface area contributed by atoms with Crippen LogP contribution in [0.15, 0.2) is 30.3 Å². The lowest BCUT2D eigenvalue weighted by molar-refractivity contribution is 0.154. The first-order valence-corrected chi connectivity index (χ1v) is 7.97. The Balaban J connectivity index is 1.87. The first-order chi connectivity index (χ1) is 10.6. The van der Waals surface area contributed by atoms with Crippen LogP contribution in [-0.2, 0) is 6.42 Å². The number of benzene rings is 1. The van der Waals surface area contributed by atoms with Crippen LogP contribution >= 0.6 is 0 Å². The molecule has 0 radical (unpaired) electrons. The Morgan fingerprint density at radius 2 is 2.14 bits per heavy atom. The fourth-order valence-electron chi connectivity index (χ4n) is 2.92. The molecule has 2 atom stereocenters. The van der Waals surface area contributed by atoms with Crippen molar-refractivity contribution in [3.05, 3.63) is 35.9 Å². The van der Waals surface area contributed by atoms with E-state index in [0.29, 0.717) is 6.54 Å². The number of hydrogen-bond acceptors (Lipinski definition) is 3. The van der Waals surface area contributed by atoms with Gasteiger partial charge in [-0.25, -0.2) is 4.79 Å². The number of aliphatic hydroxyl groups is 1. The number of nitrogens with one attached hydrogen (secondary N) is 1. The number of aliphatic hydroxyl groups excluding tert-OH is 1. The largest absolute Gasteiger partial charge is 0.394 e. The molecule has 2 rings (SSSR count). The normalized spacial score (nSPS) is 19.5. The Hall–Kier alpha value is -1.59. The number of hydrogen-bond donors (Lipinski definition) is 2. The van der Waals surface area contributed by atoms with E-state index < -0.39 is 0 Å². The molecule has 0 spiro atoms. The minimum Gasteiger partial charge on any atom is -0.394 e. The van der Waals surface area contributed by atoms with E-state index in [1.807, 2.05) is 32.3 Å². The number of rotatable bonds is 6. The van der Waals surface area contributed by atoms with Gasteiger partial charge in [-0.05, 0) is 38.9 Å². The molecule has 2 N–H and O–H groups in total. The summed E-state index contributed by atoms with van der Waals surface area (Å²) in [4.78, 5) is 16.2. The highest BCUT2D eigenvalue weighted by Gasteiger charge is 2.28. The summed E-state index contributed by atoms with van der Waals surface area (Å²) < 4.78 is 0. The van der Waals surface area contributed by atoms with E-state index in [0.717, 1.165) is 25.8 Å². The second-order valence-corrected chi connectivity index (χ2v) is 6.17. The zero-order chi connectivity index (χ0) is 15.9. The fourth-order valence-corrected chi connectivity index (χ4v) is 2.92. The molecule has 2 amide bonds. The second kappa shape index (κ2) is 8.15. The lowest BCUT2D eigenvalue weighted by Crippen LogP contribution is -2.48. The van der Waals surface area contributed by atoms with Crippen molar-refractivity contribution < 1.29 is 9.90 Å². The van der Waals surface area contributed by atoms with Gasteiger partial charge in [0.2, 0.25) is 0 Å². The summed E-state index contributed by atoms with van der Waals surface area (Å²) in [7, 11) is 4.07. The van der Waals surface area contributed by atoms with Crippen LogP contribution in [0.4, 0.5) is 4.79 Å². The molecule has 1 aliphatic heterocycles. The van der Waals surface area contributed by atoms with Crippen molar-refractivity contribution in [3.63, 3.8) is 0 Å². The highest BCUT2D eigenvalue weighted by Crippen LogP contribution is 2.16. The molecular weight excluding hydrogens is 278 g/mol. The van der Waals surface area contributed by atoms with E-state index in [1.165, 1.54) is 5.56 Å². The number of carbonyl (C=O) groups is 1. The maximum Gasteiger partial charge on any atom is 0.317 e. The molecule has 1 heterocycles. The maximum atomic E-state index is 12.3. The molecule has 1 aliphatic rings. The first-order valence-electron chi connectivity index (χ1n) is 7.97. The Kier molecular flexibility index (Phi) is 6.21. The highest BCUT2D eigenvalue weighted by molar-refractivity contribution is 5.74. The van der Waals surface area contributed by atoms with Crippen molar-refractivity contribution in [2.45, 2.75) is 31.3 Å². The average Bonchev–Trinajstić information content (AvgIpc) is 3.00. The lowest BCUT2D eigenvalue weighted by Gasteiger charge is -2.28. The number of carbonyl (C=O) groups excluding carboxylic acids is 1. The van der Waals surface area contributed by atoms with Crippen molar-refractivity contribution in [1.82, 2.24) is 15.1 Å². The summed E-state index contributed by atoms with van der Waals surface area (Å²) in [5.41, 5.74) is 1.27. The predicted octanol–water partition coefficient (Wildman–Crippen LogP) is 1.33. The van der Waals surface area contributed by atoms with Crippen LogP contribution in [0.3, 0.4) is 0 Å². The number of likely N-dealkylation sites (N-methyl/N-ethyl adjacent to an activating group) is 1. The third-order valence-corrected chi connectivity index (χ3v) is 4.38. The first kappa shape index (κ1) is 16.8. The minimum absolute atomic E-state index is 0.0214. The van der Waals surface area contributed by atoms with Gasteiger partial charge in [0.25, 0.3) is 0 Å². The molecule has 5 heteroatoms. The van der Waals surface area contributed by atoms with Gasteiger partial charge in [0, 0.05) is 19.1 Å². The van der Waals surface area contributed by atoms with E-state index in [2.05, 4.69) is 22.3 Å². The summed E-state index contributed by atoms with van der Waals surface area (Å²) in [6.45, 7) is 1.40. The summed E-state index contributed by atoms with van der Waals surface area (Å²) in [6.07, 6.45) is 2.77. The summed E-state index contributed by atoms with van der Waals surface area (Å²) in [5, 5.41) is 12.3. The molecule has 122 valence electrons. The Morgan fingerprint density at radius 3 is 2.77 bits per heavy atom. The number of urea groups is 1. The molecule has 0 aromatic heterocycles. The molecule has 0 aliphatic carbocycles. The van der Waals surface area contributed by atoms with E-state index in [4.69, 9.17) is 0 Å². The van der Waals surface area contributed by atoms with Gasteiger partial charge in [0.05, 0.1) is 12.6 Å². The van der Waals surface area contributed by atoms with Crippen molar-refractivity contribution >= 4 is 6.03 Å². The maximum absolute atomic E-state index is 12.3. The molecule has 1 fully saturated rings. The van der Waals surface area contributed by atoms with Gasteiger partial charge in [0.15, 0.2) is 0 Å². The molecule has 0 saturated carbocycles. The molecule has 1 aromatic carbocycles. The van der Waals surface area contributed by atoms with Crippen LogP contribution in [0, 0.1) is 0 Å². The van der Waals surface area contributed by atoms with E-state index in [1.54, 1.807) is 4.90 Å². The standard InChI is InChI=1S/C17H27N3O2/c1-19(2)16(11-14-7-4-3-5-8-14)12-18-17(22)20-10-6-9-15(20)13-21/h3-5,7-8,15-16,21H,6,9-13H2,1-2H3,(H,18,22). The van der Waals surface area contributed by atoms with Crippen molar-refractivity contribution in [3.8, 4) is 0 Å². The van der Waals surface area contributed by atoms with Gasteiger partial charge in [-0.1, -0.05) is 30.3 Å². The monoisotopic (exact) mass is 305 g/mol. The SMILES string of the molecule is CN(C)C(CNC(=O)N1CCCC1CO)Cc1ccccc1. The molecule has 1 saturated heterocycles. The summed E-state index contributed by atoms with van der Waals surface area (Å²) in [5.74, 6) is 0. The summed E-state index contributed by atoms with van der Waals surface area (Å²) in [6, 6.07) is 10.5. The van der Waals surface area contributed by atoms with E-state index in [9.17, 15) is 9.90 Å². The van der Waals surface area contributed by atoms with E-state index in [-0.39, 0.29) is 24.7 Å². The van der Waals surface area contributed by atoms with Crippen LogP contribution < -0.4 is 5.32 Å². The van der Waals surface area contributed by atoms with Gasteiger partial charge >= 0.3 is 6.03 Å². The van der Waals surface area contributed by atoms with Gasteiger partial charge in [-0.15, -0.1) is 0 Å². The van der Waals surface area contributed by atoms with Gasteiger partial charge in [0.1, 0.15) is 0 Å². The molecule has 0 bridgehead atoms. The average molecular weight is 305 g/mol. The molecule has 1 aromatic rings. The van der Waals surface area contributed by atoms with Crippen molar-refractivity contribution in [1.29, 1.82) is 0 Å². The third kappa shape index (κ3) is 4.45. The van der Waals surface area contributed by atoms with Crippen molar-refractivity contribution in [2.75, 3.05) is 33.8 Å². The zero-order valence-corrected chi connectivity index (χ0v) is 13.5. The highest BCUT2D eigenvalue weighted by atomic mass is 16.3. The Bertz CT molecular complexity index is 464. The number of nitrogens with zero attached hydrogens (tertiary/aromatic N) is 2. The minimum atomic E-state index is -0.0588. The molecule has 22 heavy (non-hydrogen) atoms. The summed E-state index contributed by atoms with van der Waals surface area (Å²) >= 11 is 0. The van der Waals surface area contributed by atoms with Crippen LogP contribution in [-0.4, -0.2) is 66.8 Å². The predicted molar refractivity (Wildman–Crippen MR) is 87.8 cm³/mol. The molecule has 5 nitrogen and oxygen atoms in total. The van der Waals surface area contributed by atoms with Crippen LogP contribution in [0.25, 0.3) is 0 Å². The fraction of sp³-hybridized carbons (Fsp3) is 0.588. The van der Waals surface area contributed by atoms with Crippen LogP contribution in [0.1, 0.15) is 18.4 Å². The smallest absolute Gasteiger partial charge is 0.317 e. The van der Waals surface area contributed by atoms with Gasteiger partial charge in [-0.2, -0.15) is 0 Å². The van der Waals surface area contributed by atoms with Crippen molar-refractivity contribution in [2.24, 2.45) is 0 Å². The lowest BCUT2D eigenvalue weighted by atomic mass is 10.1. The van der Waals surface area contributed by atoms with Crippen LogP contribution in [0.2, 0.25) is 0 Å².